The predicted octanol–water partition coefficient (Wildman–Crippen LogP) is -0.548. The molecule has 0 aliphatic carbocycles. The van der Waals surface area contributed by atoms with Crippen molar-refractivity contribution in [3.63, 3.8) is 0 Å². The number of rotatable bonds is 3. The zero-order valence-corrected chi connectivity index (χ0v) is 12.1. The number of ether oxygens (including phenoxy) is 1. The van der Waals surface area contributed by atoms with Crippen LogP contribution in [0.2, 0.25) is 0 Å². The molecule has 0 aromatic carbocycles. The van der Waals surface area contributed by atoms with Crippen LogP contribution in [0.25, 0.3) is 0 Å². The SMILES string of the molecule is CN1CCOC(CNC(=O)c2ncccc2C#CCN)C1. The van der Waals surface area contributed by atoms with Crippen LogP contribution >= 0.6 is 0 Å². The maximum absolute atomic E-state index is 12.2. The molecule has 0 bridgehead atoms. The second-order valence-electron chi connectivity index (χ2n) is 4.87. The molecule has 1 aromatic heterocycles. The number of hydrogen-bond donors (Lipinski definition) is 2. The molecule has 2 heterocycles. The summed E-state index contributed by atoms with van der Waals surface area (Å²) in [5, 5.41) is 2.85. The molecule has 6 heteroatoms. The quantitative estimate of drug-likeness (QED) is 0.730. The molecule has 0 spiro atoms. The number of amides is 1. The monoisotopic (exact) mass is 288 g/mol. The van der Waals surface area contributed by atoms with E-state index in [1.165, 1.54) is 0 Å². The van der Waals surface area contributed by atoms with Gasteiger partial charge in [-0.25, -0.2) is 4.98 Å². The van der Waals surface area contributed by atoms with Crippen molar-refractivity contribution in [2.24, 2.45) is 5.73 Å². The van der Waals surface area contributed by atoms with E-state index in [4.69, 9.17) is 10.5 Å². The number of nitrogens with two attached hydrogens (primary N) is 1. The molecule has 1 amide bonds. The summed E-state index contributed by atoms with van der Waals surface area (Å²) in [5.41, 5.74) is 6.26. The molecule has 2 rings (SSSR count). The highest BCUT2D eigenvalue weighted by Gasteiger charge is 2.19. The van der Waals surface area contributed by atoms with Gasteiger partial charge in [-0.05, 0) is 19.2 Å². The second kappa shape index (κ2) is 7.74. The van der Waals surface area contributed by atoms with Crippen LogP contribution in [0.1, 0.15) is 16.1 Å². The Labute approximate surface area is 124 Å². The average Bonchev–Trinajstić information content (AvgIpc) is 2.51. The molecule has 1 unspecified atom stereocenters. The summed E-state index contributed by atoms with van der Waals surface area (Å²) in [7, 11) is 2.04. The maximum Gasteiger partial charge on any atom is 0.271 e. The lowest BCUT2D eigenvalue weighted by molar-refractivity contribution is -0.0175. The zero-order chi connectivity index (χ0) is 15.1. The van der Waals surface area contributed by atoms with Gasteiger partial charge in [0.1, 0.15) is 5.69 Å². The van der Waals surface area contributed by atoms with Crippen LogP contribution in [0.5, 0.6) is 0 Å². The van der Waals surface area contributed by atoms with Crippen molar-refractivity contribution in [2.75, 3.05) is 39.8 Å². The Morgan fingerprint density at radius 2 is 2.52 bits per heavy atom. The van der Waals surface area contributed by atoms with Gasteiger partial charge in [-0.2, -0.15) is 0 Å². The van der Waals surface area contributed by atoms with Crippen molar-refractivity contribution in [1.29, 1.82) is 0 Å². The third-order valence-corrected chi connectivity index (χ3v) is 3.18. The summed E-state index contributed by atoms with van der Waals surface area (Å²) in [6.45, 7) is 3.13. The highest BCUT2D eigenvalue weighted by molar-refractivity contribution is 5.94. The molecule has 1 saturated heterocycles. The van der Waals surface area contributed by atoms with Gasteiger partial charge >= 0.3 is 0 Å². The van der Waals surface area contributed by atoms with Gasteiger partial charge in [0.25, 0.3) is 5.91 Å². The first kappa shape index (κ1) is 15.4. The number of carbonyl (C=O) groups is 1. The highest BCUT2D eigenvalue weighted by atomic mass is 16.5. The molecule has 3 N–H and O–H groups in total. The number of aromatic nitrogens is 1. The summed E-state index contributed by atoms with van der Waals surface area (Å²) in [6, 6.07) is 3.51. The summed E-state index contributed by atoms with van der Waals surface area (Å²) in [6.07, 6.45) is 1.59. The van der Waals surface area contributed by atoms with Gasteiger partial charge in [0.15, 0.2) is 0 Å². The van der Waals surface area contributed by atoms with Gasteiger partial charge < -0.3 is 20.7 Å². The lowest BCUT2D eigenvalue weighted by atomic mass is 10.2. The Balaban J connectivity index is 1.97. The standard InChI is InChI=1S/C15H20N4O2/c1-19-8-9-21-13(11-19)10-18-15(20)14-12(4-2-6-16)5-3-7-17-14/h3,5,7,13H,6,8-11,16H2,1H3,(H,18,20). The van der Waals surface area contributed by atoms with E-state index >= 15 is 0 Å². The van der Waals surface area contributed by atoms with E-state index < -0.39 is 0 Å². The van der Waals surface area contributed by atoms with Crippen LogP contribution in [0.3, 0.4) is 0 Å². The van der Waals surface area contributed by atoms with Crippen LogP contribution < -0.4 is 11.1 Å². The molecule has 0 radical (unpaired) electrons. The Kier molecular flexibility index (Phi) is 5.69. The molecule has 1 atom stereocenters. The fourth-order valence-corrected chi connectivity index (χ4v) is 2.11. The zero-order valence-electron chi connectivity index (χ0n) is 12.1. The molecule has 112 valence electrons. The normalized spacial score (nSPS) is 18.7. The van der Waals surface area contributed by atoms with Crippen LogP contribution in [-0.4, -0.2) is 61.7 Å². The Hall–Kier alpha value is -1.94. The molecule has 21 heavy (non-hydrogen) atoms. The van der Waals surface area contributed by atoms with Crippen molar-refractivity contribution < 1.29 is 9.53 Å². The minimum atomic E-state index is -0.242. The molecule has 1 aliphatic heterocycles. The van der Waals surface area contributed by atoms with Crippen LogP contribution in [0.15, 0.2) is 18.3 Å². The van der Waals surface area contributed by atoms with Gasteiger partial charge in [0.2, 0.25) is 0 Å². The van der Waals surface area contributed by atoms with Crippen LogP contribution in [0, 0.1) is 11.8 Å². The molecule has 1 aromatic rings. The predicted molar refractivity (Wildman–Crippen MR) is 79.7 cm³/mol. The van der Waals surface area contributed by atoms with E-state index in [1.54, 1.807) is 18.3 Å². The number of morpholine rings is 1. The summed E-state index contributed by atoms with van der Waals surface area (Å²) in [5.74, 6) is 5.36. The first-order chi connectivity index (χ1) is 10.2. The second-order valence-corrected chi connectivity index (χ2v) is 4.87. The molecule has 1 aliphatic rings. The van der Waals surface area contributed by atoms with E-state index in [1.807, 2.05) is 7.05 Å². The largest absolute Gasteiger partial charge is 0.374 e. The van der Waals surface area contributed by atoms with E-state index in [0.29, 0.717) is 24.4 Å². The lowest BCUT2D eigenvalue weighted by Gasteiger charge is -2.30. The van der Waals surface area contributed by atoms with Gasteiger partial charge in [0, 0.05) is 25.8 Å². The van der Waals surface area contributed by atoms with E-state index in [2.05, 4.69) is 27.0 Å². The molecule has 1 fully saturated rings. The highest BCUT2D eigenvalue weighted by Crippen LogP contribution is 2.05. The fourth-order valence-electron chi connectivity index (χ4n) is 2.11. The number of carbonyl (C=O) groups excluding carboxylic acids is 1. The maximum atomic E-state index is 12.2. The topological polar surface area (TPSA) is 80.5 Å². The van der Waals surface area contributed by atoms with Gasteiger partial charge in [-0.1, -0.05) is 11.8 Å². The van der Waals surface area contributed by atoms with Crippen molar-refractivity contribution in [3.05, 3.63) is 29.6 Å². The summed E-state index contributed by atoms with van der Waals surface area (Å²) < 4.78 is 5.61. The Morgan fingerprint density at radius 3 is 3.29 bits per heavy atom. The molecule has 0 saturated carbocycles. The van der Waals surface area contributed by atoms with Gasteiger partial charge in [0.05, 0.1) is 24.8 Å². The van der Waals surface area contributed by atoms with E-state index in [-0.39, 0.29) is 18.6 Å². The lowest BCUT2D eigenvalue weighted by Crippen LogP contribution is -2.46. The first-order valence-corrected chi connectivity index (χ1v) is 6.93. The van der Waals surface area contributed by atoms with Crippen molar-refractivity contribution in [2.45, 2.75) is 6.10 Å². The number of likely N-dealkylation sites (N-methyl/N-ethyl adjacent to an activating group) is 1. The molecular weight excluding hydrogens is 268 g/mol. The number of nitrogens with zero attached hydrogens (tertiary/aromatic N) is 2. The number of hydrogen-bond acceptors (Lipinski definition) is 5. The van der Waals surface area contributed by atoms with Crippen LogP contribution in [0.4, 0.5) is 0 Å². The van der Waals surface area contributed by atoms with E-state index in [0.717, 1.165) is 13.1 Å². The van der Waals surface area contributed by atoms with Gasteiger partial charge in [-0.3, -0.25) is 4.79 Å². The smallest absolute Gasteiger partial charge is 0.271 e. The minimum absolute atomic E-state index is 0.00925. The first-order valence-electron chi connectivity index (χ1n) is 6.93. The summed E-state index contributed by atoms with van der Waals surface area (Å²) >= 11 is 0. The van der Waals surface area contributed by atoms with Crippen molar-refractivity contribution >= 4 is 5.91 Å². The van der Waals surface area contributed by atoms with Crippen molar-refractivity contribution in [3.8, 4) is 11.8 Å². The molecular formula is C15H20N4O2. The third kappa shape index (κ3) is 4.53. The molecule has 6 nitrogen and oxygen atoms in total. The fraction of sp³-hybridized carbons (Fsp3) is 0.467. The van der Waals surface area contributed by atoms with Crippen LogP contribution in [-0.2, 0) is 4.74 Å². The van der Waals surface area contributed by atoms with E-state index in [9.17, 15) is 4.79 Å². The Bertz CT molecular complexity index is 550. The summed E-state index contributed by atoms with van der Waals surface area (Å²) in [4.78, 5) is 18.5. The average molecular weight is 288 g/mol. The number of nitrogens with one attached hydrogen (secondary N) is 1. The van der Waals surface area contributed by atoms with Gasteiger partial charge in [-0.15, -0.1) is 0 Å². The number of pyridine rings is 1. The third-order valence-electron chi connectivity index (χ3n) is 3.18. The van der Waals surface area contributed by atoms with Crippen molar-refractivity contribution in [1.82, 2.24) is 15.2 Å². The minimum Gasteiger partial charge on any atom is -0.374 e. The Morgan fingerprint density at radius 1 is 1.67 bits per heavy atom.